The maximum absolute atomic E-state index is 5.30. The average molecular weight is 341 g/mol. The molecule has 0 aliphatic heterocycles. The van der Waals surface area contributed by atoms with Crippen molar-refractivity contribution in [1.29, 1.82) is 0 Å². The molecule has 3 heterocycles. The van der Waals surface area contributed by atoms with Crippen molar-refractivity contribution >= 4 is 22.2 Å². The van der Waals surface area contributed by atoms with Crippen LogP contribution in [-0.4, -0.2) is 52.8 Å². The molecule has 0 amide bonds. The van der Waals surface area contributed by atoms with E-state index in [0.717, 1.165) is 60.5 Å². The average Bonchev–Trinajstić information content (AvgIpc) is 3.03. The molecule has 0 aromatic carbocycles. The van der Waals surface area contributed by atoms with Crippen LogP contribution in [0, 0.1) is 0 Å². The van der Waals surface area contributed by atoms with Crippen molar-refractivity contribution in [3.63, 3.8) is 0 Å². The lowest BCUT2D eigenvalue weighted by Gasteiger charge is -2.17. The van der Waals surface area contributed by atoms with Gasteiger partial charge in [0.05, 0.1) is 12.1 Å². The first-order valence-corrected chi connectivity index (χ1v) is 8.99. The Morgan fingerprint density at radius 3 is 2.80 bits per heavy atom. The van der Waals surface area contributed by atoms with Crippen LogP contribution in [0.25, 0.3) is 16.4 Å². The van der Waals surface area contributed by atoms with E-state index in [0.29, 0.717) is 6.61 Å². The van der Waals surface area contributed by atoms with Crippen LogP contribution in [0.1, 0.15) is 26.0 Å². The van der Waals surface area contributed by atoms with Gasteiger partial charge in [-0.05, 0) is 44.3 Å². The molecule has 25 heavy (non-hydrogen) atoms. The lowest BCUT2D eigenvalue weighted by Crippen LogP contribution is -2.25. The fraction of sp³-hybridized carbons (Fsp3) is 0.474. The first-order valence-electron chi connectivity index (χ1n) is 8.99. The summed E-state index contributed by atoms with van der Waals surface area (Å²) < 4.78 is 7.45. The maximum Gasteiger partial charge on any atom is 0.158 e. The Kier molecular flexibility index (Phi) is 5.83. The minimum absolute atomic E-state index is 0.451. The fourth-order valence-corrected chi connectivity index (χ4v) is 3.22. The second kappa shape index (κ2) is 8.27. The molecule has 134 valence electrons. The van der Waals surface area contributed by atoms with Crippen LogP contribution >= 0.6 is 0 Å². The fourth-order valence-electron chi connectivity index (χ4n) is 3.22. The Balaban J connectivity index is 1.85. The Bertz CT molecular complexity index is 825. The largest absolute Gasteiger partial charge is 0.378 e. The molecule has 0 aliphatic carbocycles. The van der Waals surface area contributed by atoms with Crippen molar-refractivity contribution in [2.75, 3.05) is 38.6 Å². The minimum atomic E-state index is 0.451. The van der Waals surface area contributed by atoms with Crippen LogP contribution in [0.3, 0.4) is 0 Å². The van der Waals surface area contributed by atoms with Crippen LogP contribution in [-0.2, 0) is 11.3 Å². The smallest absolute Gasteiger partial charge is 0.158 e. The number of hydrogen-bond acceptors (Lipinski definition) is 5. The van der Waals surface area contributed by atoms with Gasteiger partial charge >= 0.3 is 0 Å². The highest BCUT2D eigenvalue weighted by Gasteiger charge is 2.14. The van der Waals surface area contributed by atoms with Crippen molar-refractivity contribution in [2.24, 2.45) is 0 Å². The highest BCUT2D eigenvalue weighted by atomic mass is 16.5. The summed E-state index contributed by atoms with van der Waals surface area (Å²) in [5.41, 5.74) is 3.06. The summed E-state index contributed by atoms with van der Waals surface area (Å²) in [6.45, 7) is 9.02. The van der Waals surface area contributed by atoms with Crippen molar-refractivity contribution in [3.8, 4) is 0 Å². The quantitative estimate of drug-likeness (QED) is 0.606. The zero-order chi connectivity index (χ0) is 17.6. The number of hydrogen-bond donors (Lipinski definition) is 1. The molecule has 3 aromatic rings. The summed E-state index contributed by atoms with van der Waals surface area (Å²) in [4.78, 5) is 2.43. The van der Waals surface area contributed by atoms with E-state index in [1.165, 1.54) is 0 Å². The Morgan fingerprint density at radius 2 is 2.04 bits per heavy atom. The van der Waals surface area contributed by atoms with Crippen LogP contribution in [0.15, 0.2) is 30.5 Å². The molecule has 1 N–H and O–H groups in total. The molecular formula is C19H27N5O. The molecule has 0 saturated heterocycles. The van der Waals surface area contributed by atoms with Gasteiger partial charge in [-0.15, -0.1) is 10.2 Å². The van der Waals surface area contributed by atoms with Gasteiger partial charge in [-0.1, -0.05) is 19.9 Å². The van der Waals surface area contributed by atoms with Crippen LogP contribution in [0.4, 0.5) is 5.82 Å². The Hall–Kier alpha value is -2.18. The number of pyridine rings is 1. The summed E-state index contributed by atoms with van der Waals surface area (Å²) in [5, 5.41) is 13.4. The second-order valence-corrected chi connectivity index (χ2v) is 6.14. The molecule has 0 unspecified atom stereocenters. The number of nitrogens with one attached hydrogen (secondary N) is 1. The second-order valence-electron chi connectivity index (χ2n) is 6.14. The van der Waals surface area contributed by atoms with Crippen molar-refractivity contribution in [2.45, 2.75) is 26.9 Å². The van der Waals surface area contributed by atoms with Gasteiger partial charge in [0.2, 0.25) is 0 Å². The van der Waals surface area contributed by atoms with E-state index in [4.69, 9.17) is 4.74 Å². The van der Waals surface area contributed by atoms with E-state index in [9.17, 15) is 0 Å². The topological polar surface area (TPSA) is 54.7 Å². The predicted molar refractivity (Wildman–Crippen MR) is 102 cm³/mol. The van der Waals surface area contributed by atoms with Gasteiger partial charge in [-0.2, -0.15) is 0 Å². The third-order valence-electron chi connectivity index (χ3n) is 4.60. The molecule has 0 spiro atoms. The molecule has 3 aromatic heterocycles. The molecule has 0 aliphatic rings. The third-order valence-corrected chi connectivity index (χ3v) is 4.60. The van der Waals surface area contributed by atoms with Crippen LogP contribution < -0.4 is 5.32 Å². The minimum Gasteiger partial charge on any atom is -0.378 e. The van der Waals surface area contributed by atoms with E-state index in [2.05, 4.69) is 57.0 Å². The van der Waals surface area contributed by atoms with Crippen LogP contribution in [0.2, 0.25) is 0 Å². The number of ether oxygens (including phenoxy) is 1. The predicted octanol–water partition coefficient (Wildman–Crippen LogP) is 3.17. The molecule has 0 fully saturated rings. The number of rotatable bonds is 9. The van der Waals surface area contributed by atoms with Gasteiger partial charge in [0.15, 0.2) is 5.82 Å². The van der Waals surface area contributed by atoms with Gasteiger partial charge in [0.25, 0.3) is 0 Å². The van der Waals surface area contributed by atoms with Crippen LogP contribution in [0.5, 0.6) is 0 Å². The van der Waals surface area contributed by atoms with Gasteiger partial charge in [-0.3, -0.25) is 0 Å². The molecule has 6 nitrogen and oxygen atoms in total. The van der Waals surface area contributed by atoms with Crippen molar-refractivity contribution in [1.82, 2.24) is 19.5 Å². The van der Waals surface area contributed by atoms with E-state index in [-0.39, 0.29) is 0 Å². The van der Waals surface area contributed by atoms with Gasteiger partial charge < -0.3 is 19.4 Å². The summed E-state index contributed by atoms with van der Waals surface area (Å²) >= 11 is 0. The van der Waals surface area contributed by atoms with E-state index in [1.807, 2.05) is 12.1 Å². The molecule has 6 heteroatoms. The summed E-state index contributed by atoms with van der Waals surface area (Å²) in [5.74, 6) is 0.845. The van der Waals surface area contributed by atoms with E-state index < -0.39 is 0 Å². The summed E-state index contributed by atoms with van der Waals surface area (Å²) in [6, 6.07) is 8.33. The van der Waals surface area contributed by atoms with Gasteiger partial charge in [-0.25, -0.2) is 0 Å². The molecular weight excluding hydrogens is 314 g/mol. The summed E-state index contributed by atoms with van der Waals surface area (Å²) in [7, 11) is 1.68. The first-order chi connectivity index (χ1) is 12.3. The Labute approximate surface area is 148 Å². The van der Waals surface area contributed by atoms with Gasteiger partial charge in [0.1, 0.15) is 5.69 Å². The Morgan fingerprint density at radius 1 is 1.20 bits per heavy atom. The molecule has 0 atom stereocenters. The monoisotopic (exact) mass is 341 g/mol. The number of methoxy groups -OCH3 is 1. The van der Waals surface area contributed by atoms with E-state index >= 15 is 0 Å². The highest BCUT2D eigenvalue weighted by molar-refractivity contribution is 5.96. The molecule has 0 bridgehead atoms. The maximum atomic E-state index is 5.30. The molecule has 0 saturated carbocycles. The SMILES string of the molecule is CCN(CC)CCCNc1nnc(COC)c2c1cc1ccccn12. The number of aromatic nitrogens is 3. The zero-order valence-corrected chi connectivity index (χ0v) is 15.3. The lowest BCUT2D eigenvalue weighted by atomic mass is 10.2. The van der Waals surface area contributed by atoms with E-state index in [1.54, 1.807) is 7.11 Å². The standard InChI is InChI=1S/C19H27N5O/c1-4-23(5-2)11-8-10-20-19-16-13-15-9-6-7-12-24(15)18(16)17(14-25-3)21-22-19/h6-7,9,12-13H,4-5,8,10-11,14H2,1-3H3,(H,20,22). The summed E-state index contributed by atoms with van der Waals surface area (Å²) in [6.07, 6.45) is 3.14. The van der Waals surface area contributed by atoms with Crippen molar-refractivity contribution < 1.29 is 4.74 Å². The first kappa shape index (κ1) is 17.6. The number of anilines is 1. The van der Waals surface area contributed by atoms with Gasteiger partial charge in [0, 0.05) is 30.8 Å². The normalized spacial score (nSPS) is 11.7. The highest BCUT2D eigenvalue weighted by Crippen LogP contribution is 2.27. The number of nitrogens with zero attached hydrogens (tertiary/aromatic N) is 4. The molecule has 0 radical (unpaired) electrons. The lowest BCUT2D eigenvalue weighted by molar-refractivity contribution is 0.181. The zero-order valence-electron chi connectivity index (χ0n) is 15.3. The van der Waals surface area contributed by atoms with Crippen molar-refractivity contribution in [3.05, 3.63) is 36.2 Å². The third kappa shape index (κ3) is 3.75. The number of fused-ring (bicyclic) bond motifs is 3. The molecule has 3 rings (SSSR count).